The van der Waals surface area contributed by atoms with Gasteiger partial charge >= 0.3 is 7.12 Å². The molecule has 2 N–H and O–H groups in total. The Balaban J connectivity index is 1.60. The number of carbonyl (C=O) groups is 2. The number of amides is 2. The Morgan fingerprint density at radius 1 is 1.30 bits per heavy atom. The normalized spacial score (nSPS) is 27.8. The molecule has 2 aliphatic heterocycles. The van der Waals surface area contributed by atoms with Gasteiger partial charge in [0.05, 0.1) is 17.9 Å². The van der Waals surface area contributed by atoms with Crippen LogP contribution in [0.3, 0.4) is 0 Å². The number of phenols is 1. The molecule has 0 aromatic heterocycles. The predicted octanol–water partition coefficient (Wildman–Crippen LogP) is 4.57. The van der Waals surface area contributed by atoms with Crippen LogP contribution >= 0.6 is 15.9 Å². The van der Waals surface area contributed by atoms with Gasteiger partial charge in [-0.1, -0.05) is 46.5 Å². The van der Waals surface area contributed by atoms with Crippen LogP contribution in [-0.4, -0.2) is 47.1 Å². The molecule has 33 heavy (non-hydrogen) atoms. The molecule has 0 unspecified atom stereocenters. The zero-order chi connectivity index (χ0) is 23.9. The Morgan fingerprint density at radius 3 is 2.79 bits per heavy atom. The van der Waals surface area contributed by atoms with Crippen molar-refractivity contribution in [3.05, 3.63) is 45.0 Å². The number of benzene rings is 1. The molecule has 4 atom stereocenters. The smallest absolute Gasteiger partial charge is 0.455 e. The van der Waals surface area contributed by atoms with Crippen LogP contribution in [0, 0.1) is 17.8 Å². The number of imide groups is 1. The molecule has 6 nitrogen and oxygen atoms in total. The Hall–Kier alpha value is -1.90. The quantitative estimate of drug-likeness (QED) is 0.329. The summed E-state index contributed by atoms with van der Waals surface area (Å²) in [4.78, 5) is 26.9. The summed E-state index contributed by atoms with van der Waals surface area (Å²) in [5.74, 6) is -0.861. The van der Waals surface area contributed by atoms with Crippen molar-refractivity contribution in [1.82, 2.24) is 4.90 Å². The molecule has 8 heteroatoms. The fraction of sp³-hybridized carbons (Fsp3) is 0.520. The van der Waals surface area contributed by atoms with Crippen LogP contribution < -0.4 is 0 Å². The van der Waals surface area contributed by atoms with Crippen LogP contribution in [-0.2, 0) is 14.2 Å². The molecule has 2 amide bonds. The molecule has 2 saturated heterocycles. The summed E-state index contributed by atoms with van der Waals surface area (Å²) in [5.41, 5.74) is 4.19. The molecule has 2 fully saturated rings. The summed E-state index contributed by atoms with van der Waals surface area (Å²) in [7, 11) is 0.624. The first-order valence-corrected chi connectivity index (χ1v) is 12.5. The monoisotopic (exact) mass is 515 g/mol. The van der Waals surface area contributed by atoms with Crippen molar-refractivity contribution < 1.29 is 24.4 Å². The molecule has 0 saturated carbocycles. The van der Waals surface area contributed by atoms with Gasteiger partial charge in [0, 0.05) is 17.1 Å². The van der Waals surface area contributed by atoms with Gasteiger partial charge in [0.2, 0.25) is 11.8 Å². The zero-order valence-electron chi connectivity index (χ0n) is 19.4. The highest BCUT2D eigenvalue weighted by atomic mass is 79.9. The molecular formula is C25H31BBrNO5. The Morgan fingerprint density at radius 2 is 2.06 bits per heavy atom. The molecule has 1 aromatic rings. The van der Waals surface area contributed by atoms with Gasteiger partial charge in [-0.2, -0.15) is 0 Å². The first kappa shape index (κ1) is 24.2. The second-order valence-electron chi connectivity index (χ2n) is 9.53. The maximum Gasteiger partial charge on any atom is 0.455 e. The molecule has 3 aliphatic rings. The SMILES string of the molecule is CCCC1=C2[C@@H](CC/C(C)=C/c3cc(Br)ccc3O)OB(O)C[C@@H]2[C@@H]2C(=O)N(C)C(=O)[C@@H]2C1. The van der Waals surface area contributed by atoms with Crippen molar-refractivity contribution in [2.75, 3.05) is 7.05 Å². The first-order valence-electron chi connectivity index (χ1n) is 11.7. The van der Waals surface area contributed by atoms with Crippen LogP contribution in [0.5, 0.6) is 5.75 Å². The van der Waals surface area contributed by atoms with Crippen LogP contribution in [0.25, 0.3) is 6.08 Å². The third-order valence-corrected chi connectivity index (χ3v) is 7.77. The number of nitrogens with zero attached hydrogens (tertiary/aromatic N) is 1. The number of phenolic OH excluding ortho intramolecular Hbond substituents is 1. The fourth-order valence-electron chi connectivity index (χ4n) is 5.80. The molecule has 2 heterocycles. The van der Waals surface area contributed by atoms with E-state index in [0.717, 1.165) is 40.4 Å². The number of likely N-dealkylation sites (tertiary alicyclic amines) is 1. The summed E-state index contributed by atoms with van der Waals surface area (Å²) in [6, 6.07) is 5.33. The van der Waals surface area contributed by atoms with E-state index < -0.39 is 13.0 Å². The first-order chi connectivity index (χ1) is 15.7. The highest BCUT2D eigenvalue weighted by Gasteiger charge is 2.56. The predicted molar refractivity (Wildman–Crippen MR) is 131 cm³/mol. The van der Waals surface area contributed by atoms with E-state index in [1.54, 1.807) is 19.2 Å². The highest BCUT2D eigenvalue weighted by Crippen LogP contribution is 2.51. The van der Waals surface area contributed by atoms with E-state index >= 15 is 0 Å². The number of hydrogen-bond donors (Lipinski definition) is 2. The molecule has 4 rings (SSSR count). The van der Waals surface area contributed by atoms with E-state index in [4.69, 9.17) is 4.65 Å². The number of fused-ring (bicyclic) bond motifs is 3. The van der Waals surface area contributed by atoms with E-state index in [9.17, 15) is 19.7 Å². The Bertz CT molecular complexity index is 1020. The van der Waals surface area contributed by atoms with Gasteiger partial charge in [-0.25, -0.2) is 0 Å². The molecule has 1 aliphatic carbocycles. The minimum absolute atomic E-state index is 0.0946. The van der Waals surface area contributed by atoms with E-state index in [1.807, 2.05) is 19.1 Å². The van der Waals surface area contributed by atoms with Gasteiger partial charge < -0.3 is 14.8 Å². The minimum atomic E-state index is -0.947. The van der Waals surface area contributed by atoms with Crippen molar-refractivity contribution in [3.8, 4) is 5.75 Å². The van der Waals surface area contributed by atoms with E-state index in [2.05, 4.69) is 22.9 Å². The second-order valence-corrected chi connectivity index (χ2v) is 10.5. The molecule has 0 radical (unpaired) electrons. The van der Waals surface area contributed by atoms with Gasteiger partial charge in [0.1, 0.15) is 5.75 Å². The average Bonchev–Trinajstić information content (AvgIpc) is 2.98. The number of allylic oxidation sites excluding steroid dienone is 2. The molecule has 0 spiro atoms. The Labute approximate surface area is 204 Å². The van der Waals surface area contributed by atoms with Crippen molar-refractivity contribution in [2.24, 2.45) is 17.8 Å². The maximum absolute atomic E-state index is 12.9. The largest absolute Gasteiger partial charge is 0.507 e. The van der Waals surface area contributed by atoms with Crippen LogP contribution in [0.4, 0.5) is 0 Å². The third-order valence-electron chi connectivity index (χ3n) is 7.27. The molecular weight excluding hydrogens is 485 g/mol. The van der Waals surface area contributed by atoms with Gasteiger partial charge in [-0.15, -0.1) is 0 Å². The maximum atomic E-state index is 12.9. The number of hydrogen-bond acceptors (Lipinski definition) is 5. The number of aromatic hydroxyl groups is 1. The Kier molecular flexibility index (Phi) is 7.17. The standard InChI is InChI=1S/C25H31BBrNO5/c1-4-5-15-12-18-23(25(31)28(3)24(18)30)19-13-26(32)33-21(22(15)19)9-6-14(2)10-16-11-17(27)7-8-20(16)29/h7-8,10-11,18-19,21,23,29,32H,4-6,9,12-13H2,1-3H3/b14-10+/t18-,19+,21-,23-/m1/s1. The lowest BCUT2D eigenvalue weighted by Gasteiger charge is -2.43. The molecule has 0 bridgehead atoms. The molecule has 176 valence electrons. The van der Waals surface area contributed by atoms with Crippen LogP contribution in [0.15, 0.2) is 39.4 Å². The van der Waals surface area contributed by atoms with Crippen LogP contribution in [0.1, 0.15) is 51.5 Å². The zero-order valence-corrected chi connectivity index (χ0v) is 21.0. The lowest BCUT2D eigenvalue weighted by molar-refractivity contribution is -0.138. The minimum Gasteiger partial charge on any atom is -0.507 e. The lowest BCUT2D eigenvalue weighted by atomic mass is 9.58. The van der Waals surface area contributed by atoms with Gasteiger partial charge in [-0.3, -0.25) is 14.5 Å². The summed E-state index contributed by atoms with van der Waals surface area (Å²) in [6.45, 7) is 4.14. The topological polar surface area (TPSA) is 87.1 Å². The number of carbonyl (C=O) groups excluding carboxylic acids is 2. The summed E-state index contributed by atoms with van der Waals surface area (Å²) < 4.78 is 6.91. The van der Waals surface area contributed by atoms with E-state index in [-0.39, 0.29) is 35.5 Å². The van der Waals surface area contributed by atoms with Crippen molar-refractivity contribution in [3.63, 3.8) is 0 Å². The lowest BCUT2D eigenvalue weighted by Crippen LogP contribution is -2.46. The third kappa shape index (κ3) is 4.70. The molecule has 1 aromatic carbocycles. The summed E-state index contributed by atoms with van der Waals surface area (Å²) >= 11 is 3.44. The van der Waals surface area contributed by atoms with Crippen molar-refractivity contribution in [1.29, 1.82) is 0 Å². The van der Waals surface area contributed by atoms with Gasteiger partial charge in [0.25, 0.3) is 0 Å². The van der Waals surface area contributed by atoms with E-state index in [1.165, 1.54) is 10.5 Å². The van der Waals surface area contributed by atoms with Gasteiger partial charge in [-0.05, 0) is 68.6 Å². The fourth-order valence-corrected chi connectivity index (χ4v) is 6.18. The van der Waals surface area contributed by atoms with Crippen molar-refractivity contribution in [2.45, 2.75) is 58.4 Å². The van der Waals surface area contributed by atoms with Gasteiger partial charge in [0.15, 0.2) is 0 Å². The average molecular weight is 516 g/mol. The number of rotatable bonds is 6. The number of halogens is 1. The highest BCUT2D eigenvalue weighted by molar-refractivity contribution is 9.10. The van der Waals surface area contributed by atoms with Crippen molar-refractivity contribution >= 4 is 40.9 Å². The summed E-state index contributed by atoms with van der Waals surface area (Å²) in [6.07, 6.45) is 5.86. The second kappa shape index (κ2) is 9.76. The van der Waals surface area contributed by atoms with E-state index in [0.29, 0.717) is 19.2 Å². The summed E-state index contributed by atoms with van der Waals surface area (Å²) in [5, 5.41) is 20.7. The van der Waals surface area contributed by atoms with Crippen LogP contribution in [0.2, 0.25) is 6.32 Å².